The largest absolute Gasteiger partial charge is 0.416 e. The SMILES string of the molecule is OCc1nccn1Cc1ccc(-c2ccc(C(F)(F)F)cc2)cc1. The Kier molecular flexibility index (Phi) is 4.40. The van der Waals surface area contributed by atoms with Crippen LogP contribution in [0.4, 0.5) is 13.2 Å². The van der Waals surface area contributed by atoms with Gasteiger partial charge in [0.25, 0.3) is 0 Å². The molecule has 0 aliphatic carbocycles. The van der Waals surface area contributed by atoms with Gasteiger partial charge >= 0.3 is 6.18 Å². The van der Waals surface area contributed by atoms with E-state index in [1.807, 2.05) is 28.8 Å². The van der Waals surface area contributed by atoms with Crippen molar-refractivity contribution in [1.82, 2.24) is 9.55 Å². The normalized spacial score (nSPS) is 11.7. The third-order valence-corrected chi connectivity index (χ3v) is 3.80. The summed E-state index contributed by atoms with van der Waals surface area (Å²) in [5, 5.41) is 9.19. The molecular formula is C18H15F3N2O. The highest BCUT2D eigenvalue weighted by molar-refractivity contribution is 5.64. The van der Waals surface area contributed by atoms with Crippen LogP contribution in [0.1, 0.15) is 17.0 Å². The number of rotatable bonds is 4. The fourth-order valence-electron chi connectivity index (χ4n) is 2.49. The van der Waals surface area contributed by atoms with Gasteiger partial charge in [-0.3, -0.25) is 0 Å². The Hall–Kier alpha value is -2.60. The van der Waals surface area contributed by atoms with E-state index in [4.69, 9.17) is 0 Å². The highest BCUT2D eigenvalue weighted by Crippen LogP contribution is 2.31. The minimum absolute atomic E-state index is 0.128. The van der Waals surface area contributed by atoms with Crippen LogP contribution in [-0.4, -0.2) is 14.7 Å². The van der Waals surface area contributed by atoms with Crippen LogP contribution in [-0.2, 0) is 19.3 Å². The topological polar surface area (TPSA) is 38.1 Å². The zero-order valence-electron chi connectivity index (χ0n) is 12.7. The molecule has 0 bridgehead atoms. The predicted octanol–water partition coefficient (Wildman–Crippen LogP) is 4.11. The van der Waals surface area contributed by atoms with Gasteiger partial charge in [-0.05, 0) is 28.8 Å². The van der Waals surface area contributed by atoms with Crippen molar-refractivity contribution in [2.75, 3.05) is 0 Å². The second kappa shape index (κ2) is 6.49. The standard InChI is InChI=1S/C18H15F3N2O/c19-18(20,21)16-7-5-15(6-8-16)14-3-1-13(2-4-14)11-23-10-9-22-17(23)12-24/h1-10,24H,11-12H2. The molecule has 0 fully saturated rings. The van der Waals surface area contributed by atoms with E-state index in [-0.39, 0.29) is 6.61 Å². The number of aliphatic hydroxyl groups excluding tert-OH is 1. The number of hydrogen-bond donors (Lipinski definition) is 1. The maximum Gasteiger partial charge on any atom is 0.416 e. The number of hydrogen-bond acceptors (Lipinski definition) is 2. The Bertz CT molecular complexity index is 806. The summed E-state index contributed by atoms with van der Waals surface area (Å²) in [7, 11) is 0. The Balaban J connectivity index is 1.77. The zero-order chi connectivity index (χ0) is 17.2. The van der Waals surface area contributed by atoms with Crippen molar-refractivity contribution in [1.29, 1.82) is 0 Å². The summed E-state index contributed by atoms with van der Waals surface area (Å²) in [6.45, 7) is 0.444. The molecule has 3 nitrogen and oxygen atoms in total. The van der Waals surface area contributed by atoms with Crippen molar-refractivity contribution in [2.24, 2.45) is 0 Å². The molecule has 0 radical (unpaired) electrons. The Morgan fingerprint density at radius 1 is 0.917 bits per heavy atom. The van der Waals surface area contributed by atoms with Crippen molar-refractivity contribution in [2.45, 2.75) is 19.3 Å². The Labute approximate surface area is 137 Å². The summed E-state index contributed by atoms with van der Waals surface area (Å²) in [5.74, 6) is 0.585. The van der Waals surface area contributed by atoms with Crippen molar-refractivity contribution >= 4 is 0 Å². The van der Waals surface area contributed by atoms with E-state index >= 15 is 0 Å². The number of nitrogens with zero attached hydrogens (tertiary/aromatic N) is 2. The van der Waals surface area contributed by atoms with Crippen LogP contribution < -0.4 is 0 Å². The fraction of sp³-hybridized carbons (Fsp3) is 0.167. The number of imidazole rings is 1. The van der Waals surface area contributed by atoms with Crippen LogP contribution >= 0.6 is 0 Å². The number of alkyl halides is 3. The summed E-state index contributed by atoms with van der Waals surface area (Å²) in [4.78, 5) is 4.05. The van der Waals surface area contributed by atoms with Gasteiger partial charge in [0.1, 0.15) is 12.4 Å². The first-order chi connectivity index (χ1) is 11.5. The van der Waals surface area contributed by atoms with Crippen molar-refractivity contribution in [3.63, 3.8) is 0 Å². The van der Waals surface area contributed by atoms with Crippen LogP contribution in [0.3, 0.4) is 0 Å². The molecule has 124 valence electrons. The summed E-state index contributed by atoms with van der Waals surface area (Å²) >= 11 is 0. The fourth-order valence-corrected chi connectivity index (χ4v) is 2.49. The number of aromatic nitrogens is 2. The molecule has 1 aromatic heterocycles. The van der Waals surface area contributed by atoms with Gasteiger partial charge in [0.05, 0.1) is 5.56 Å². The highest BCUT2D eigenvalue weighted by atomic mass is 19.4. The Morgan fingerprint density at radius 2 is 1.50 bits per heavy atom. The molecule has 24 heavy (non-hydrogen) atoms. The highest BCUT2D eigenvalue weighted by Gasteiger charge is 2.29. The average Bonchev–Trinajstić information content (AvgIpc) is 3.02. The molecule has 0 spiro atoms. The first kappa shape index (κ1) is 16.3. The molecule has 6 heteroatoms. The monoisotopic (exact) mass is 332 g/mol. The van der Waals surface area contributed by atoms with Gasteiger partial charge < -0.3 is 9.67 Å². The minimum atomic E-state index is -4.32. The molecule has 0 atom stereocenters. The van der Waals surface area contributed by atoms with Gasteiger partial charge in [0.15, 0.2) is 0 Å². The van der Waals surface area contributed by atoms with Crippen molar-refractivity contribution < 1.29 is 18.3 Å². The zero-order valence-corrected chi connectivity index (χ0v) is 12.7. The van der Waals surface area contributed by atoms with Gasteiger partial charge in [0, 0.05) is 18.9 Å². The van der Waals surface area contributed by atoms with Gasteiger partial charge in [-0.1, -0.05) is 36.4 Å². The van der Waals surface area contributed by atoms with Gasteiger partial charge in [-0.2, -0.15) is 13.2 Å². The Morgan fingerprint density at radius 3 is 2.04 bits per heavy atom. The first-order valence-corrected chi connectivity index (χ1v) is 7.35. The smallest absolute Gasteiger partial charge is 0.388 e. The molecule has 0 unspecified atom stereocenters. The van der Waals surface area contributed by atoms with Crippen LogP contribution in [0.2, 0.25) is 0 Å². The summed E-state index contributed by atoms with van der Waals surface area (Å²) in [6, 6.07) is 12.7. The lowest BCUT2D eigenvalue weighted by Gasteiger charge is -2.09. The lowest BCUT2D eigenvalue weighted by molar-refractivity contribution is -0.137. The van der Waals surface area contributed by atoms with E-state index in [1.165, 1.54) is 12.1 Å². The molecule has 2 aromatic carbocycles. The molecule has 0 saturated heterocycles. The van der Waals surface area contributed by atoms with Gasteiger partial charge in [-0.25, -0.2) is 4.98 Å². The van der Waals surface area contributed by atoms with E-state index in [9.17, 15) is 18.3 Å². The molecule has 0 aliphatic rings. The molecule has 0 amide bonds. The van der Waals surface area contributed by atoms with Crippen molar-refractivity contribution in [3.8, 4) is 11.1 Å². The molecule has 1 N–H and O–H groups in total. The summed E-state index contributed by atoms with van der Waals surface area (Å²) in [6.07, 6.45) is -0.908. The summed E-state index contributed by atoms with van der Waals surface area (Å²) in [5.41, 5.74) is 1.94. The number of aliphatic hydroxyl groups is 1. The average molecular weight is 332 g/mol. The van der Waals surface area contributed by atoms with Crippen LogP contribution in [0.25, 0.3) is 11.1 Å². The third kappa shape index (κ3) is 3.49. The third-order valence-electron chi connectivity index (χ3n) is 3.80. The molecule has 3 aromatic rings. The second-order valence-electron chi connectivity index (χ2n) is 5.40. The molecule has 1 heterocycles. The molecular weight excluding hydrogens is 317 g/mol. The molecule has 3 rings (SSSR count). The van der Waals surface area contributed by atoms with Gasteiger partial charge in [-0.15, -0.1) is 0 Å². The molecule has 0 aliphatic heterocycles. The van der Waals surface area contributed by atoms with Crippen LogP contribution in [0, 0.1) is 0 Å². The lowest BCUT2D eigenvalue weighted by Crippen LogP contribution is -2.04. The van der Waals surface area contributed by atoms with Gasteiger partial charge in [0.2, 0.25) is 0 Å². The van der Waals surface area contributed by atoms with Crippen LogP contribution in [0.15, 0.2) is 60.9 Å². The molecule has 0 saturated carbocycles. The maximum absolute atomic E-state index is 12.6. The quantitative estimate of drug-likeness (QED) is 0.781. The van der Waals surface area contributed by atoms with E-state index in [0.717, 1.165) is 28.8 Å². The summed E-state index contributed by atoms with van der Waals surface area (Å²) < 4.78 is 39.6. The maximum atomic E-state index is 12.6. The van der Waals surface area contributed by atoms with Crippen molar-refractivity contribution in [3.05, 3.63) is 77.9 Å². The predicted molar refractivity (Wildman–Crippen MR) is 84.1 cm³/mol. The first-order valence-electron chi connectivity index (χ1n) is 7.35. The number of benzene rings is 2. The minimum Gasteiger partial charge on any atom is -0.388 e. The second-order valence-corrected chi connectivity index (χ2v) is 5.40. The van der Waals surface area contributed by atoms with E-state index in [1.54, 1.807) is 12.4 Å². The van der Waals surface area contributed by atoms with E-state index < -0.39 is 11.7 Å². The lowest BCUT2D eigenvalue weighted by atomic mass is 10.0. The van der Waals surface area contributed by atoms with Crippen LogP contribution in [0.5, 0.6) is 0 Å². The van der Waals surface area contributed by atoms with E-state index in [0.29, 0.717) is 12.4 Å². The van der Waals surface area contributed by atoms with E-state index in [2.05, 4.69) is 4.98 Å². The number of halogens is 3.